The van der Waals surface area contributed by atoms with Gasteiger partial charge in [-0.05, 0) is 11.6 Å². The molecule has 66 valence electrons. The Labute approximate surface area is 76.5 Å². The first kappa shape index (κ1) is 7.86. The molecular formula is C10H10N2O. The van der Waals surface area contributed by atoms with E-state index in [0.717, 1.165) is 5.56 Å². The second kappa shape index (κ2) is 3.31. The molecule has 0 aromatic heterocycles. The van der Waals surface area contributed by atoms with E-state index < -0.39 is 0 Å². The van der Waals surface area contributed by atoms with E-state index in [1.807, 2.05) is 36.4 Å². The van der Waals surface area contributed by atoms with E-state index in [4.69, 9.17) is 0 Å². The number of urea groups is 1. The van der Waals surface area contributed by atoms with Crippen molar-refractivity contribution in [2.24, 2.45) is 0 Å². The number of benzene rings is 1. The van der Waals surface area contributed by atoms with Gasteiger partial charge in [0.25, 0.3) is 0 Å². The third-order valence-corrected chi connectivity index (χ3v) is 1.95. The first-order valence-corrected chi connectivity index (χ1v) is 4.15. The normalized spacial score (nSPS) is 20.6. The van der Waals surface area contributed by atoms with Crippen LogP contribution >= 0.6 is 0 Å². The van der Waals surface area contributed by atoms with E-state index in [2.05, 4.69) is 10.6 Å². The van der Waals surface area contributed by atoms with Crippen molar-refractivity contribution < 1.29 is 4.79 Å². The number of amides is 2. The van der Waals surface area contributed by atoms with Gasteiger partial charge in [0.2, 0.25) is 0 Å². The third-order valence-electron chi connectivity index (χ3n) is 1.95. The summed E-state index contributed by atoms with van der Waals surface area (Å²) in [6.07, 6.45) is 3.58. The van der Waals surface area contributed by atoms with Crippen LogP contribution in [0.2, 0.25) is 0 Å². The summed E-state index contributed by atoms with van der Waals surface area (Å²) in [6, 6.07) is 9.68. The maximum absolute atomic E-state index is 11.0. The van der Waals surface area contributed by atoms with Crippen molar-refractivity contribution in [3.8, 4) is 0 Å². The molecule has 2 N–H and O–H groups in total. The van der Waals surface area contributed by atoms with Crippen molar-refractivity contribution in [1.29, 1.82) is 0 Å². The van der Waals surface area contributed by atoms with E-state index in [9.17, 15) is 4.79 Å². The molecule has 3 heteroatoms. The Morgan fingerprint density at radius 1 is 1.15 bits per heavy atom. The molecule has 3 nitrogen and oxygen atoms in total. The quantitative estimate of drug-likeness (QED) is 0.666. The van der Waals surface area contributed by atoms with Gasteiger partial charge in [0.1, 0.15) is 0 Å². The van der Waals surface area contributed by atoms with Gasteiger partial charge in [-0.15, -0.1) is 0 Å². The van der Waals surface area contributed by atoms with Crippen molar-refractivity contribution in [1.82, 2.24) is 10.6 Å². The second-order valence-electron chi connectivity index (χ2n) is 2.87. The lowest BCUT2D eigenvalue weighted by Crippen LogP contribution is -2.38. The Bertz CT molecular complexity index is 332. The molecule has 1 aromatic rings. The summed E-state index contributed by atoms with van der Waals surface area (Å²) in [5.74, 6) is 0. The molecule has 0 aliphatic carbocycles. The van der Waals surface area contributed by atoms with Gasteiger partial charge in [0.15, 0.2) is 0 Å². The van der Waals surface area contributed by atoms with Crippen LogP contribution in [-0.2, 0) is 0 Å². The number of carbonyl (C=O) groups excluding carboxylic acids is 1. The number of carbonyl (C=O) groups is 1. The molecule has 1 heterocycles. The molecular weight excluding hydrogens is 164 g/mol. The molecule has 2 rings (SSSR count). The number of rotatable bonds is 1. The van der Waals surface area contributed by atoms with Crippen molar-refractivity contribution in [3.05, 3.63) is 48.2 Å². The minimum Gasteiger partial charge on any atom is -0.328 e. The average molecular weight is 174 g/mol. The van der Waals surface area contributed by atoms with E-state index in [1.54, 1.807) is 6.20 Å². The summed E-state index contributed by atoms with van der Waals surface area (Å²) in [4.78, 5) is 11.0. The van der Waals surface area contributed by atoms with Gasteiger partial charge in [-0.1, -0.05) is 30.3 Å². The second-order valence-corrected chi connectivity index (χ2v) is 2.87. The van der Waals surface area contributed by atoms with Gasteiger partial charge in [0.05, 0.1) is 6.04 Å². The van der Waals surface area contributed by atoms with E-state index in [-0.39, 0.29) is 12.1 Å². The van der Waals surface area contributed by atoms with Crippen LogP contribution in [0.5, 0.6) is 0 Å². The number of hydrogen-bond donors (Lipinski definition) is 2. The monoisotopic (exact) mass is 174 g/mol. The Kier molecular flexibility index (Phi) is 2.00. The maximum atomic E-state index is 11.0. The molecule has 0 spiro atoms. The van der Waals surface area contributed by atoms with Crippen LogP contribution in [-0.4, -0.2) is 6.03 Å². The molecule has 13 heavy (non-hydrogen) atoms. The molecule has 0 fully saturated rings. The van der Waals surface area contributed by atoms with Crippen LogP contribution < -0.4 is 10.6 Å². The molecule has 0 radical (unpaired) electrons. The zero-order valence-electron chi connectivity index (χ0n) is 7.03. The van der Waals surface area contributed by atoms with Gasteiger partial charge in [-0.25, -0.2) is 4.79 Å². The predicted octanol–water partition coefficient (Wildman–Crippen LogP) is 1.55. The molecule has 1 unspecified atom stereocenters. The summed E-state index contributed by atoms with van der Waals surface area (Å²) in [6.45, 7) is 0. The fraction of sp³-hybridized carbons (Fsp3) is 0.100. The maximum Gasteiger partial charge on any atom is 0.319 e. The topological polar surface area (TPSA) is 41.1 Å². The highest BCUT2D eigenvalue weighted by molar-refractivity contribution is 5.76. The minimum absolute atomic E-state index is 0.00468. The smallest absolute Gasteiger partial charge is 0.319 e. The highest BCUT2D eigenvalue weighted by atomic mass is 16.2. The molecule has 0 saturated carbocycles. The summed E-state index contributed by atoms with van der Waals surface area (Å²) in [7, 11) is 0. The first-order chi connectivity index (χ1) is 6.36. The lowest BCUT2D eigenvalue weighted by atomic mass is 10.1. The predicted molar refractivity (Wildman–Crippen MR) is 50.0 cm³/mol. The van der Waals surface area contributed by atoms with Crippen LogP contribution in [0.4, 0.5) is 4.79 Å². The fourth-order valence-electron chi connectivity index (χ4n) is 1.31. The molecule has 1 aromatic carbocycles. The van der Waals surface area contributed by atoms with Crippen molar-refractivity contribution in [3.63, 3.8) is 0 Å². The average Bonchev–Trinajstić information content (AvgIpc) is 2.19. The van der Waals surface area contributed by atoms with Crippen LogP contribution in [0.3, 0.4) is 0 Å². The number of hydrogen-bond acceptors (Lipinski definition) is 1. The first-order valence-electron chi connectivity index (χ1n) is 4.15. The Hall–Kier alpha value is -1.77. The molecule has 2 amide bonds. The Morgan fingerprint density at radius 3 is 2.62 bits per heavy atom. The van der Waals surface area contributed by atoms with Gasteiger partial charge < -0.3 is 10.6 Å². The standard InChI is InChI=1S/C10H10N2O/c13-10-11-7-6-9(12-10)8-4-2-1-3-5-8/h1-7,9H,(H2,11,12,13). The fourth-order valence-corrected chi connectivity index (χ4v) is 1.31. The minimum atomic E-state index is -0.156. The van der Waals surface area contributed by atoms with E-state index in [1.165, 1.54) is 0 Å². The van der Waals surface area contributed by atoms with E-state index >= 15 is 0 Å². The summed E-state index contributed by atoms with van der Waals surface area (Å²) in [5.41, 5.74) is 1.09. The van der Waals surface area contributed by atoms with Crippen LogP contribution in [0.25, 0.3) is 0 Å². The Balaban J connectivity index is 2.22. The summed E-state index contributed by atoms with van der Waals surface area (Å²) >= 11 is 0. The molecule has 0 saturated heterocycles. The largest absolute Gasteiger partial charge is 0.328 e. The number of nitrogens with one attached hydrogen (secondary N) is 2. The summed E-state index contributed by atoms with van der Waals surface area (Å²) < 4.78 is 0. The van der Waals surface area contributed by atoms with Crippen LogP contribution in [0, 0.1) is 0 Å². The van der Waals surface area contributed by atoms with Gasteiger partial charge in [0, 0.05) is 6.20 Å². The van der Waals surface area contributed by atoms with Gasteiger partial charge >= 0.3 is 6.03 Å². The molecule has 0 bridgehead atoms. The van der Waals surface area contributed by atoms with Crippen LogP contribution in [0.1, 0.15) is 11.6 Å². The SMILES string of the molecule is O=C1NC=CC(c2ccccc2)N1. The van der Waals surface area contributed by atoms with Gasteiger partial charge in [-0.3, -0.25) is 0 Å². The molecule has 1 aliphatic rings. The van der Waals surface area contributed by atoms with Crippen molar-refractivity contribution in [2.45, 2.75) is 6.04 Å². The zero-order chi connectivity index (χ0) is 9.10. The van der Waals surface area contributed by atoms with Gasteiger partial charge in [-0.2, -0.15) is 0 Å². The highest BCUT2D eigenvalue weighted by Gasteiger charge is 2.13. The lowest BCUT2D eigenvalue weighted by molar-refractivity contribution is 0.240. The molecule has 1 atom stereocenters. The van der Waals surface area contributed by atoms with Crippen LogP contribution in [0.15, 0.2) is 42.6 Å². The van der Waals surface area contributed by atoms with Crippen molar-refractivity contribution in [2.75, 3.05) is 0 Å². The summed E-state index contributed by atoms with van der Waals surface area (Å²) in [5, 5.41) is 5.35. The third kappa shape index (κ3) is 1.69. The Morgan fingerprint density at radius 2 is 1.92 bits per heavy atom. The van der Waals surface area contributed by atoms with Crippen molar-refractivity contribution >= 4 is 6.03 Å². The van der Waals surface area contributed by atoms with E-state index in [0.29, 0.717) is 0 Å². The molecule has 1 aliphatic heterocycles. The lowest BCUT2D eigenvalue weighted by Gasteiger charge is -2.18. The zero-order valence-corrected chi connectivity index (χ0v) is 7.03. The highest BCUT2D eigenvalue weighted by Crippen LogP contribution is 2.14.